The standard InChI is InChI=1S/C12H20ClN3S/c1-3-9-7-16(10(4-2)5-14-9)8-11-6-15-12(13)17-11/h6,9-10,14H,3-5,7-8H2,1-2H3. The van der Waals surface area contributed by atoms with Crippen molar-refractivity contribution >= 4 is 22.9 Å². The van der Waals surface area contributed by atoms with E-state index in [-0.39, 0.29) is 0 Å². The van der Waals surface area contributed by atoms with Crippen LogP contribution in [0.1, 0.15) is 31.6 Å². The lowest BCUT2D eigenvalue weighted by Gasteiger charge is -2.39. The molecule has 3 nitrogen and oxygen atoms in total. The van der Waals surface area contributed by atoms with Gasteiger partial charge in [0, 0.05) is 42.8 Å². The highest BCUT2D eigenvalue weighted by atomic mass is 35.5. The van der Waals surface area contributed by atoms with Gasteiger partial charge in [-0.1, -0.05) is 25.4 Å². The minimum atomic E-state index is 0.626. The van der Waals surface area contributed by atoms with E-state index in [1.54, 1.807) is 11.3 Å². The molecule has 2 rings (SSSR count). The van der Waals surface area contributed by atoms with E-state index in [4.69, 9.17) is 11.6 Å². The SMILES string of the molecule is CCC1CN(Cc2cnc(Cl)s2)C(CC)CN1. The van der Waals surface area contributed by atoms with Gasteiger partial charge in [0.2, 0.25) is 0 Å². The van der Waals surface area contributed by atoms with Crippen molar-refractivity contribution in [3.8, 4) is 0 Å². The van der Waals surface area contributed by atoms with E-state index in [0.717, 1.165) is 19.6 Å². The van der Waals surface area contributed by atoms with E-state index in [9.17, 15) is 0 Å². The van der Waals surface area contributed by atoms with Crippen LogP contribution in [0.25, 0.3) is 0 Å². The Morgan fingerprint density at radius 2 is 2.35 bits per heavy atom. The molecule has 0 bridgehead atoms. The largest absolute Gasteiger partial charge is 0.311 e. The number of hydrogen-bond donors (Lipinski definition) is 1. The number of thiazole rings is 1. The second kappa shape index (κ2) is 6.14. The highest BCUT2D eigenvalue weighted by Crippen LogP contribution is 2.22. The third kappa shape index (κ3) is 3.41. The maximum atomic E-state index is 5.88. The average molecular weight is 274 g/mol. The number of aromatic nitrogens is 1. The van der Waals surface area contributed by atoms with Gasteiger partial charge >= 0.3 is 0 Å². The molecule has 1 aliphatic rings. The van der Waals surface area contributed by atoms with Crippen molar-refractivity contribution in [2.75, 3.05) is 13.1 Å². The average Bonchev–Trinajstić information content (AvgIpc) is 2.74. The summed E-state index contributed by atoms with van der Waals surface area (Å²) in [5.41, 5.74) is 0. The summed E-state index contributed by atoms with van der Waals surface area (Å²) in [4.78, 5) is 7.95. The molecule has 1 fully saturated rings. The normalized spacial score (nSPS) is 26.3. The van der Waals surface area contributed by atoms with Crippen LogP contribution in [0.3, 0.4) is 0 Å². The molecule has 96 valence electrons. The fraction of sp³-hybridized carbons (Fsp3) is 0.750. The molecule has 2 unspecified atom stereocenters. The van der Waals surface area contributed by atoms with Crippen molar-refractivity contribution in [3.63, 3.8) is 0 Å². The molecule has 17 heavy (non-hydrogen) atoms. The summed E-state index contributed by atoms with van der Waals surface area (Å²) in [6.45, 7) is 7.71. The van der Waals surface area contributed by atoms with Crippen molar-refractivity contribution in [3.05, 3.63) is 15.5 Å². The van der Waals surface area contributed by atoms with Crippen LogP contribution in [-0.4, -0.2) is 35.1 Å². The quantitative estimate of drug-likeness (QED) is 0.914. The lowest BCUT2D eigenvalue weighted by molar-refractivity contribution is 0.118. The lowest BCUT2D eigenvalue weighted by atomic mass is 10.1. The summed E-state index contributed by atoms with van der Waals surface area (Å²) in [5, 5.41) is 3.61. The zero-order valence-electron chi connectivity index (χ0n) is 10.4. The predicted octanol–water partition coefficient (Wildman–Crippen LogP) is 2.76. The van der Waals surface area contributed by atoms with Gasteiger partial charge < -0.3 is 5.32 Å². The first-order chi connectivity index (χ1) is 8.22. The van der Waals surface area contributed by atoms with Crippen LogP contribution in [0.15, 0.2) is 6.20 Å². The maximum absolute atomic E-state index is 5.88. The number of nitrogens with one attached hydrogen (secondary N) is 1. The Kier molecular flexibility index (Phi) is 4.79. The van der Waals surface area contributed by atoms with E-state index in [2.05, 4.69) is 29.0 Å². The molecule has 1 aliphatic heterocycles. The molecule has 2 atom stereocenters. The van der Waals surface area contributed by atoms with Gasteiger partial charge in [-0.25, -0.2) is 4.98 Å². The Morgan fingerprint density at radius 1 is 1.53 bits per heavy atom. The summed E-state index contributed by atoms with van der Waals surface area (Å²) in [7, 11) is 0. The Morgan fingerprint density at radius 3 is 2.94 bits per heavy atom. The molecule has 2 heterocycles. The first kappa shape index (κ1) is 13.3. The van der Waals surface area contributed by atoms with Gasteiger partial charge in [-0.3, -0.25) is 4.90 Å². The molecule has 1 aromatic heterocycles. The first-order valence-corrected chi connectivity index (χ1v) is 7.50. The molecule has 0 spiro atoms. The molecule has 1 saturated heterocycles. The number of piperazine rings is 1. The molecule has 0 amide bonds. The van der Waals surface area contributed by atoms with Crippen LogP contribution < -0.4 is 5.32 Å². The summed E-state index contributed by atoms with van der Waals surface area (Å²) < 4.78 is 0.648. The lowest BCUT2D eigenvalue weighted by Crippen LogP contribution is -2.55. The second-order valence-electron chi connectivity index (χ2n) is 4.58. The molecule has 0 aliphatic carbocycles. The van der Waals surface area contributed by atoms with E-state index in [1.807, 2.05) is 6.20 Å². The zero-order chi connectivity index (χ0) is 12.3. The Bertz CT molecular complexity index is 355. The van der Waals surface area contributed by atoms with Crippen LogP contribution in [-0.2, 0) is 6.54 Å². The van der Waals surface area contributed by atoms with E-state index >= 15 is 0 Å². The van der Waals surface area contributed by atoms with Gasteiger partial charge in [0.1, 0.15) is 0 Å². The minimum absolute atomic E-state index is 0.626. The third-order valence-corrected chi connectivity index (χ3v) is 4.56. The topological polar surface area (TPSA) is 28.2 Å². The summed E-state index contributed by atoms with van der Waals surface area (Å²) in [6.07, 6.45) is 4.29. The number of nitrogens with zero attached hydrogens (tertiary/aromatic N) is 2. The third-order valence-electron chi connectivity index (χ3n) is 3.46. The first-order valence-electron chi connectivity index (χ1n) is 6.30. The van der Waals surface area contributed by atoms with Crippen LogP contribution in [0, 0.1) is 0 Å². The number of halogens is 1. The van der Waals surface area contributed by atoms with E-state index < -0.39 is 0 Å². The highest BCUT2D eigenvalue weighted by Gasteiger charge is 2.26. The zero-order valence-corrected chi connectivity index (χ0v) is 12.0. The number of rotatable bonds is 4. The van der Waals surface area contributed by atoms with Crippen LogP contribution in [0.2, 0.25) is 4.47 Å². The van der Waals surface area contributed by atoms with Gasteiger partial charge in [-0.2, -0.15) is 0 Å². The minimum Gasteiger partial charge on any atom is -0.311 e. The molecular formula is C12H20ClN3S. The fourth-order valence-corrected chi connectivity index (χ4v) is 3.36. The van der Waals surface area contributed by atoms with Gasteiger partial charge in [0.25, 0.3) is 0 Å². The Labute approximate surface area is 112 Å². The molecule has 0 aromatic carbocycles. The highest BCUT2D eigenvalue weighted by molar-refractivity contribution is 7.15. The molecular weight excluding hydrogens is 254 g/mol. The number of hydrogen-bond acceptors (Lipinski definition) is 4. The Balaban J connectivity index is 2.00. The smallest absolute Gasteiger partial charge is 0.183 e. The predicted molar refractivity (Wildman–Crippen MR) is 73.7 cm³/mol. The second-order valence-corrected chi connectivity index (χ2v) is 6.28. The Hall–Kier alpha value is -0.160. The van der Waals surface area contributed by atoms with Crippen molar-refractivity contribution < 1.29 is 0 Å². The summed E-state index contributed by atoms with van der Waals surface area (Å²) in [5.74, 6) is 0. The van der Waals surface area contributed by atoms with Gasteiger partial charge in [-0.15, -0.1) is 11.3 Å². The van der Waals surface area contributed by atoms with Crippen molar-refractivity contribution in [1.29, 1.82) is 0 Å². The molecule has 0 radical (unpaired) electrons. The van der Waals surface area contributed by atoms with Crippen LogP contribution >= 0.6 is 22.9 Å². The monoisotopic (exact) mass is 273 g/mol. The molecule has 1 N–H and O–H groups in total. The van der Waals surface area contributed by atoms with Gasteiger partial charge in [0.15, 0.2) is 4.47 Å². The van der Waals surface area contributed by atoms with Crippen molar-refractivity contribution in [1.82, 2.24) is 15.2 Å². The summed E-state index contributed by atoms with van der Waals surface area (Å²) in [6, 6.07) is 1.26. The van der Waals surface area contributed by atoms with Crippen LogP contribution in [0.4, 0.5) is 0 Å². The van der Waals surface area contributed by atoms with E-state index in [0.29, 0.717) is 16.6 Å². The molecule has 5 heteroatoms. The van der Waals surface area contributed by atoms with Gasteiger partial charge in [-0.05, 0) is 12.8 Å². The summed E-state index contributed by atoms with van der Waals surface area (Å²) >= 11 is 7.48. The maximum Gasteiger partial charge on any atom is 0.183 e. The van der Waals surface area contributed by atoms with Crippen LogP contribution in [0.5, 0.6) is 0 Å². The molecule has 0 saturated carbocycles. The van der Waals surface area contributed by atoms with Crippen molar-refractivity contribution in [2.45, 2.75) is 45.3 Å². The fourth-order valence-electron chi connectivity index (χ4n) is 2.36. The van der Waals surface area contributed by atoms with Gasteiger partial charge in [0.05, 0.1) is 0 Å². The molecule has 1 aromatic rings. The van der Waals surface area contributed by atoms with Crippen molar-refractivity contribution in [2.24, 2.45) is 0 Å². The van der Waals surface area contributed by atoms with E-state index in [1.165, 1.54) is 17.7 Å².